The number of hydrogen-bond donors (Lipinski definition) is 0. The fourth-order valence-corrected chi connectivity index (χ4v) is 6.53. The molecular weight excluding hydrogens is 576 g/mol. The Balaban J connectivity index is 1.74. The lowest BCUT2D eigenvalue weighted by molar-refractivity contribution is -0.138. The number of benzene rings is 4. The lowest BCUT2D eigenvalue weighted by Gasteiger charge is -2.28. The number of methoxy groups -OCH3 is 3. The molecule has 8 nitrogen and oxygen atoms in total. The molecule has 0 N–H and O–H groups in total. The normalized spacial score (nSPS) is 14.6. The smallest absolute Gasteiger partial charge is 0.338 e. The first-order chi connectivity index (χ1) is 21.5. The first-order valence-corrected chi connectivity index (χ1v) is 14.9. The van der Waals surface area contributed by atoms with Crippen LogP contribution in [0.25, 0.3) is 22.5 Å². The molecule has 9 heteroatoms. The quantitative estimate of drug-likeness (QED) is 0.228. The van der Waals surface area contributed by atoms with E-state index in [1.54, 1.807) is 51.0 Å². The Morgan fingerprint density at radius 1 is 0.909 bits per heavy atom. The molecule has 1 aliphatic rings. The third-order valence-corrected chi connectivity index (χ3v) is 8.50. The standard InChI is InChI=1S/C35H30N2O6S/c1-5-43-34(39)30-31(22-12-7-6-8-13-22)36-35-37(32(30)29-25-14-10-9-11-21(25)15-17-27(29)42-4)33(38)28(44-35)20-23-19-24(40-2)16-18-26(23)41-3/h6-20,32H,5H2,1-4H3/b28-20-/t32-/m0/s1. The average Bonchev–Trinajstić information content (AvgIpc) is 3.37. The van der Waals surface area contributed by atoms with E-state index in [4.69, 9.17) is 23.9 Å². The molecule has 0 radical (unpaired) electrons. The summed E-state index contributed by atoms with van der Waals surface area (Å²) in [6.07, 6.45) is 1.76. The molecule has 1 aliphatic heterocycles. The number of ether oxygens (including phenoxy) is 4. The van der Waals surface area contributed by atoms with Gasteiger partial charge in [0, 0.05) is 16.7 Å². The molecule has 6 rings (SSSR count). The second-order valence-corrected chi connectivity index (χ2v) is 11.0. The van der Waals surface area contributed by atoms with Crippen molar-refractivity contribution in [3.63, 3.8) is 0 Å². The van der Waals surface area contributed by atoms with Crippen molar-refractivity contribution < 1.29 is 23.7 Å². The summed E-state index contributed by atoms with van der Waals surface area (Å²) in [5.74, 6) is 1.19. The highest BCUT2D eigenvalue weighted by atomic mass is 32.1. The summed E-state index contributed by atoms with van der Waals surface area (Å²) in [6, 6.07) is 25.6. The van der Waals surface area contributed by atoms with Crippen molar-refractivity contribution in [1.82, 2.24) is 4.57 Å². The van der Waals surface area contributed by atoms with Gasteiger partial charge in [-0.3, -0.25) is 9.36 Å². The van der Waals surface area contributed by atoms with Crippen LogP contribution in [0.3, 0.4) is 0 Å². The van der Waals surface area contributed by atoms with E-state index in [1.807, 2.05) is 72.8 Å². The molecule has 44 heavy (non-hydrogen) atoms. The summed E-state index contributed by atoms with van der Waals surface area (Å²) in [5.41, 5.74) is 2.45. The average molecular weight is 607 g/mol. The van der Waals surface area contributed by atoms with Gasteiger partial charge in [0.05, 0.1) is 43.7 Å². The molecule has 0 unspecified atom stereocenters. The fraction of sp³-hybridized carbons (Fsp3) is 0.171. The molecule has 4 aromatic carbocycles. The van der Waals surface area contributed by atoms with Crippen molar-refractivity contribution in [2.24, 2.45) is 4.99 Å². The molecule has 222 valence electrons. The monoisotopic (exact) mass is 606 g/mol. The lowest BCUT2D eigenvalue weighted by Crippen LogP contribution is -2.40. The van der Waals surface area contributed by atoms with Crippen LogP contribution in [0.1, 0.15) is 29.7 Å². The van der Waals surface area contributed by atoms with Crippen LogP contribution >= 0.6 is 11.3 Å². The number of carbonyl (C=O) groups is 1. The molecule has 0 bridgehead atoms. The van der Waals surface area contributed by atoms with Gasteiger partial charge >= 0.3 is 5.97 Å². The van der Waals surface area contributed by atoms with Gasteiger partial charge in [-0.15, -0.1) is 0 Å². The predicted octanol–water partition coefficient (Wildman–Crippen LogP) is 5.11. The molecule has 0 fully saturated rings. The van der Waals surface area contributed by atoms with Crippen molar-refractivity contribution in [2.45, 2.75) is 13.0 Å². The van der Waals surface area contributed by atoms with Gasteiger partial charge in [0.2, 0.25) is 0 Å². The van der Waals surface area contributed by atoms with Gasteiger partial charge in [0.1, 0.15) is 23.3 Å². The van der Waals surface area contributed by atoms with E-state index >= 15 is 0 Å². The predicted molar refractivity (Wildman–Crippen MR) is 171 cm³/mol. The summed E-state index contributed by atoms with van der Waals surface area (Å²) < 4.78 is 24.5. The van der Waals surface area contributed by atoms with Crippen molar-refractivity contribution in [3.8, 4) is 17.2 Å². The minimum absolute atomic E-state index is 0.157. The number of hydrogen-bond acceptors (Lipinski definition) is 8. The maximum absolute atomic E-state index is 14.5. The summed E-state index contributed by atoms with van der Waals surface area (Å²) in [7, 11) is 4.74. The first kappa shape index (κ1) is 28.9. The zero-order valence-corrected chi connectivity index (χ0v) is 25.5. The number of carbonyl (C=O) groups excluding carboxylic acids is 1. The zero-order valence-electron chi connectivity index (χ0n) is 24.7. The summed E-state index contributed by atoms with van der Waals surface area (Å²) in [6.45, 7) is 1.91. The van der Waals surface area contributed by atoms with Crippen LogP contribution in [-0.2, 0) is 9.53 Å². The van der Waals surface area contributed by atoms with E-state index in [0.29, 0.717) is 43.4 Å². The van der Waals surface area contributed by atoms with E-state index in [2.05, 4.69) is 0 Å². The van der Waals surface area contributed by atoms with Crippen LogP contribution in [-0.4, -0.2) is 38.5 Å². The SMILES string of the molecule is CCOC(=O)C1=C(c2ccccc2)N=c2s/c(=C\c3cc(OC)ccc3OC)c(=O)n2[C@H]1c1c(OC)ccc2ccccc12. The molecule has 1 atom stereocenters. The fourth-order valence-electron chi connectivity index (χ4n) is 5.54. The van der Waals surface area contributed by atoms with E-state index < -0.39 is 12.0 Å². The Morgan fingerprint density at radius 2 is 1.64 bits per heavy atom. The van der Waals surface area contributed by atoms with Gasteiger partial charge in [-0.05, 0) is 48.0 Å². The molecule has 0 saturated heterocycles. The number of aromatic nitrogens is 1. The minimum atomic E-state index is -0.893. The maximum atomic E-state index is 14.5. The van der Waals surface area contributed by atoms with Crippen LogP contribution in [0.4, 0.5) is 0 Å². The minimum Gasteiger partial charge on any atom is -0.497 e. The number of nitrogens with zero attached hydrogens (tertiary/aromatic N) is 2. The zero-order chi connectivity index (χ0) is 30.8. The Bertz CT molecular complexity index is 2100. The summed E-state index contributed by atoms with van der Waals surface area (Å²) in [5, 5.41) is 1.78. The van der Waals surface area contributed by atoms with Crippen LogP contribution < -0.4 is 29.1 Å². The van der Waals surface area contributed by atoms with E-state index in [9.17, 15) is 9.59 Å². The third-order valence-electron chi connectivity index (χ3n) is 7.52. The highest BCUT2D eigenvalue weighted by Crippen LogP contribution is 2.42. The van der Waals surface area contributed by atoms with Crippen LogP contribution in [0.5, 0.6) is 17.2 Å². The number of rotatable bonds is 8. The van der Waals surface area contributed by atoms with Crippen molar-refractivity contribution in [3.05, 3.63) is 127 Å². The van der Waals surface area contributed by atoms with Gasteiger partial charge in [-0.25, -0.2) is 9.79 Å². The van der Waals surface area contributed by atoms with Crippen LogP contribution in [0, 0.1) is 0 Å². The Kier molecular flexibility index (Phi) is 8.04. The van der Waals surface area contributed by atoms with Gasteiger partial charge in [0.25, 0.3) is 5.56 Å². The summed E-state index contributed by atoms with van der Waals surface area (Å²) in [4.78, 5) is 33.8. The van der Waals surface area contributed by atoms with Crippen LogP contribution in [0.15, 0.2) is 100 Å². The van der Waals surface area contributed by atoms with Crippen molar-refractivity contribution in [1.29, 1.82) is 0 Å². The van der Waals surface area contributed by atoms with Crippen LogP contribution in [0.2, 0.25) is 0 Å². The van der Waals surface area contributed by atoms with Crippen molar-refractivity contribution in [2.75, 3.05) is 27.9 Å². The number of thiazole rings is 1. The molecule has 0 amide bonds. The Hall–Kier alpha value is -5.15. The molecule has 1 aromatic heterocycles. The molecule has 2 heterocycles. The van der Waals surface area contributed by atoms with Gasteiger partial charge in [-0.2, -0.15) is 0 Å². The highest BCUT2D eigenvalue weighted by Gasteiger charge is 2.37. The third kappa shape index (κ3) is 5.05. The van der Waals surface area contributed by atoms with E-state index in [0.717, 1.165) is 16.3 Å². The highest BCUT2D eigenvalue weighted by molar-refractivity contribution is 7.07. The topological polar surface area (TPSA) is 88.4 Å². The second-order valence-electron chi connectivity index (χ2n) is 9.94. The largest absolute Gasteiger partial charge is 0.497 e. The maximum Gasteiger partial charge on any atom is 0.338 e. The summed E-state index contributed by atoms with van der Waals surface area (Å²) >= 11 is 1.24. The first-order valence-electron chi connectivity index (χ1n) is 14.0. The van der Waals surface area contributed by atoms with Gasteiger partial charge in [0.15, 0.2) is 4.80 Å². The Morgan fingerprint density at radius 3 is 2.36 bits per heavy atom. The molecule has 0 aliphatic carbocycles. The van der Waals surface area contributed by atoms with E-state index in [-0.39, 0.29) is 17.7 Å². The number of esters is 1. The Labute approximate surface area is 257 Å². The van der Waals surface area contributed by atoms with Gasteiger partial charge < -0.3 is 18.9 Å². The molecular formula is C35H30N2O6S. The van der Waals surface area contributed by atoms with Gasteiger partial charge in [-0.1, -0.05) is 72.0 Å². The molecule has 0 spiro atoms. The van der Waals surface area contributed by atoms with Crippen molar-refractivity contribution >= 4 is 39.9 Å². The molecule has 0 saturated carbocycles. The van der Waals surface area contributed by atoms with E-state index in [1.165, 1.54) is 11.3 Å². The molecule has 5 aromatic rings. The number of fused-ring (bicyclic) bond motifs is 2. The second kappa shape index (κ2) is 12.2. The lowest BCUT2D eigenvalue weighted by atomic mass is 9.89.